The summed E-state index contributed by atoms with van der Waals surface area (Å²) in [6.07, 6.45) is 11.2. The lowest BCUT2D eigenvalue weighted by Crippen LogP contribution is -2.40. The largest absolute Gasteiger partial charge is 0.356 e. The van der Waals surface area contributed by atoms with Crippen LogP contribution in [0.25, 0.3) is 0 Å². The van der Waals surface area contributed by atoms with Crippen molar-refractivity contribution in [3.8, 4) is 0 Å². The van der Waals surface area contributed by atoms with Gasteiger partial charge < -0.3 is 10.6 Å². The van der Waals surface area contributed by atoms with Gasteiger partial charge in [-0.1, -0.05) is 12.8 Å². The number of halogens is 1. The molecule has 1 aliphatic carbocycles. The summed E-state index contributed by atoms with van der Waals surface area (Å²) in [4.78, 5) is 12.0. The minimum Gasteiger partial charge on any atom is -0.356 e. The molecule has 2 unspecified atom stereocenters. The molecule has 0 radical (unpaired) electrons. The first-order valence-electron chi connectivity index (χ1n) is 7.82. The first-order chi connectivity index (χ1) is 8.79. The van der Waals surface area contributed by atoms with Gasteiger partial charge in [-0.05, 0) is 50.4 Å². The minimum absolute atomic E-state index is 0. The summed E-state index contributed by atoms with van der Waals surface area (Å²) in [6.45, 7) is 0.927. The highest BCUT2D eigenvalue weighted by Gasteiger charge is 2.34. The van der Waals surface area contributed by atoms with E-state index in [9.17, 15) is 4.79 Å². The van der Waals surface area contributed by atoms with Gasteiger partial charge in [0.1, 0.15) is 0 Å². The average molecular weight is 287 g/mol. The Kier molecular flexibility index (Phi) is 5.52. The number of carbonyl (C=O) groups excluding carboxylic acids is 1. The number of hydrogen-bond donors (Lipinski definition) is 2. The van der Waals surface area contributed by atoms with Gasteiger partial charge in [-0.25, -0.2) is 0 Å². The molecule has 3 nitrogen and oxygen atoms in total. The summed E-state index contributed by atoms with van der Waals surface area (Å²) in [7, 11) is 0. The van der Waals surface area contributed by atoms with Crippen molar-refractivity contribution in [2.45, 2.75) is 69.9 Å². The molecular formula is C15H27ClN2O. The molecule has 4 heteroatoms. The second kappa shape index (κ2) is 6.94. The number of carbonyl (C=O) groups is 1. The van der Waals surface area contributed by atoms with E-state index in [-0.39, 0.29) is 12.4 Å². The molecule has 0 spiro atoms. The second-order valence-electron chi connectivity index (χ2n) is 6.63. The smallest absolute Gasteiger partial charge is 0.220 e. The van der Waals surface area contributed by atoms with Crippen LogP contribution in [0.5, 0.6) is 0 Å². The molecule has 1 amide bonds. The topological polar surface area (TPSA) is 41.1 Å². The fourth-order valence-corrected chi connectivity index (χ4v) is 4.15. The third-order valence-corrected chi connectivity index (χ3v) is 5.11. The maximum atomic E-state index is 12.0. The molecule has 3 rings (SSSR count). The van der Waals surface area contributed by atoms with E-state index in [0.29, 0.717) is 23.9 Å². The highest BCUT2D eigenvalue weighted by molar-refractivity contribution is 5.85. The van der Waals surface area contributed by atoms with Gasteiger partial charge in [0.15, 0.2) is 0 Å². The molecule has 2 atom stereocenters. The van der Waals surface area contributed by atoms with Crippen LogP contribution in [0, 0.1) is 11.8 Å². The number of hydrogen-bond acceptors (Lipinski definition) is 2. The first kappa shape index (κ1) is 15.1. The van der Waals surface area contributed by atoms with Crippen molar-refractivity contribution in [3.63, 3.8) is 0 Å². The van der Waals surface area contributed by atoms with Crippen molar-refractivity contribution in [2.75, 3.05) is 6.54 Å². The van der Waals surface area contributed by atoms with E-state index in [1.54, 1.807) is 0 Å². The molecule has 2 saturated heterocycles. The number of piperidine rings is 1. The van der Waals surface area contributed by atoms with Gasteiger partial charge in [0, 0.05) is 25.0 Å². The van der Waals surface area contributed by atoms with Gasteiger partial charge in [0.2, 0.25) is 5.91 Å². The van der Waals surface area contributed by atoms with Crippen molar-refractivity contribution < 1.29 is 4.79 Å². The Morgan fingerprint density at radius 2 is 1.63 bits per heavy atom. The zero-order chi connectivity index (χ0) is 12.4. The maximum Gasteiger partial charge on any atom is 0.220 e. The zero-order valence-corrected chi connectivity index (χ0v) is 12.5. The molecule has 0 aromatic rings. The molecule has 2 aliphatic heterocycles. The van der Waals surface area contributed by atoms with Crippen LogP contribution in [0.1, 0.15) is 57.8 Å². The van der Waals surface area contributed by atoms with Crippen LogP contribution in [0.15, 0.2) is 0 Å². The lowest BCUT2D eigenvalue weighted by atomic mass is 9.89. The third-order valence-electron chi connectivity index (χ3n) is 5.11. The lowest BCUT2D eigenvalue weighted by molar-refractivity contribution is -0.122. The molecular weight excluding hydrogens is 260 g/mol. The van der Waals surface area contributed by atoms with E-state index < -0.39 is 0 Å². The molecule has 110 valence electrons. The Morgan fingerprint density at radius 3 is 2.26 bits per heavy atom. The molecule has 2 heterocycles. The van der Waals surface area contributed by atoms with Crippen molar-refractivity contribution in [2.24, 2.45) is 11.8 Å². The van der Waals surface area contributed by atoms with Gasteiger partial charge >= 0.3 is 0 Å². The Hall–Kier alpha value is -0.280. The van der Waals surface area contributed by atoms with E-state index >= 15 is 0 Å². The van der Waals surface area contributed by atoms with Gasteiger partial charge in [-0.3, -0.25) is 4.79 Å². The van der Waals surface area contributed by atoms with Gasteiger partial charge in [0.05, 0.1) is 0 Å². The Labute approximate surface area is 122 Å². The standard InChI is InChI=1S/C15H26N2O.ClH/c18-15(16-10-11-3-1-2-4-11)9-12-7-13-5-6-14(8-12)17-13;/h11-14,17H,1-10H2,(H,16,18);1H. The lowest BCUT2D eigenvalue weighted by Gasteiger charge is -2.28. The number of amides is 1. The number of rotatable bonds is 4. The predicted octanol–water partition coefficient (Wildman–Crippen LogP) is 2.64. The van der Waals surface area contributed by atoms with Crippen molar-refractivity contribution in [3.05, 3.63) is 0 Å². The quantitative estimate of drug-likeness (QED) is 0.834. The van der Waals surface area contributed by atoms with Crippen molar-refractivity contribution in [1.29, 1.82) is 0 Å². The Bertz CT molecular complexity index is 293. The Morgan fingerprint density at radius 1 is 1.00 bits per heavy atom. The Balaban J connectivity index is 0.00000133. The molecule has 2 bridgehead atoms. The van der Waals surface area contributed by atoms with Gasteiger partial charge in [-0.15, -0.1) is 12.4 Å². The number of nitrogens with one attached hydrogen (secondary N) is 2. The van der Waals surface area contributed by atoms with Crippen LogP contribution in [0.4, 0.5) is 0 Å². The van der Waals surface area contributed by atoms with Crippen LogP contribution in [-0.2, 0) is 4.79 Å². The maximum absolute atomic E-state index is 12.0. The predicted molar refractivity (Wildman–Crippen MR) is 79.5 cm³/mol. The van der Waals surface area contributed by atoms with E-state index in [1.807, 2.05) is 0 Å². The molecule has 19 heavy (non-hydrogen) atoms. The van der Waals surface area contributed by atoms with E-state index in [2.05, 4.69) is 10.6 Å². The summed E-state index contributed by atoms with van der Waals surface area (Å²) < 4.78 is 0. The monoisotopic (exact) mass is 286 g/mol. The summed E-state index contributed by atoms with van der Waals surface area (Å²) in [5.41, 5.74) is 0. The van der Waals surface area contributed by atoms with Crippen LogP contribution in [0.3, 0.4) is 0 Å². The summed E-state index contributed by atoms with van der Waals surface area (Å²) in [5, 5.41) is 6.80. The molecule has 3 aliphatic rings. The molecule has 2 N–H and O–H groups in total. The minimum atomic E-state index is 0. The van der Waals surface area contributed by atoms with Crippen molar-refractivity contribution >= 4 is 18.3 Å². The molecule has 0 aromatic carbocycles. The normalized spacial score (nSPS) is 34.0. The molecule has 1 saturated carbocycles. The van der Waals surface area contributed by atoms with E-state index in [1.165, 1.54) is 51.4 Å². The SMILES string of the molecule is Cl.O=C(CC1CC2CCC(C1)N2)NCC1CCCC1. The van der Waals surface area contributed by atoms with E-state index in [0.717, 1.165) is 18.9 Å². The molecule has 3 fully saturated rings. The second-order valence-corrected chi connectivity index (χ2v) is 6.63. The average Bonchev–Trinajstić information content (AvgIpc) is 2.97. The van der Waals surface area contributed by atoms with Gasteiger partial charge in [-0.2, -0.15) is 0 Å². The summed E-state index contributed by atoms with van der Waals surface area (Å²) in [6, 6.07) is 1.41. The van der Waals surface area contributed by atoms with Crippen LogP contribution in [-0.4, -0.2) is 24.5 Å². The van der Waals surface area contributed by atoms with Crippen LogP contribution < -0.4 is 10.6 Å². The first-order valence-corrected chi connectivity index (χ1v) is 7.82. The van der Waals surface area contributed by atoms with Crippen molar-refractivity contribution in [1.82, 2.24) is 10.6 Å². The van der Waals surface area contributed by atoms with Crippen LogP contribution >= 0.6 is 12.4 Å². The third kappa shape index (κ3) is 4.09. The summed E-state index contributed by atoms with van der Waals surface area (Å²) in [5.74, 6) is 1.69. The molecule has 0 aromatic heterocycles. The highest BCUT2D eigenvalue weighted by Crippen LogP contribution is 2.32. The zero-order valence-electron chi connectivity index (χ0n) is 11.7. The van der Waals surface area contributed by atoms with Gasteiger partial charge in [0.25, 0.3) is 0 Å². The van der Waals surface area contributed by atoms with E-state index in [4.69, 9.17) is 0 Å². The fraction of sp³-hybridized carbons (Fsp3) is 0.933. The summed E-state index contributed by atoms with van der Waals surface area (Å²) >= 11 is 0. The number of fused-ring (bicyclic) bond motifs is 2. The van der Waals surface area contributed by atoms with Crippen LogP contribution in [0.2, 0.25) is 0 Å². The highest BCUT2D eigenvalue weighted by atomic mass is 35.5. The fourth-order valence-electron chi connectivity index (χ4n) is 4.15.